The number of aryl methyl sites for hydroxylation is 1. The Balaban J connectivity index is 0.00000288. The van der Waals surface area contributed by atoms with Crippen LogP contribution in [0.2, 0.25) is 0 Å². The number of ether oxygens (including phenoxy) is 2. The van der Waals surface area contributed by atoms with Crippen LogP contribution in [-0.4, -0.2) is 38.8 Å². The van der Waals surface area contributed by atoms with E-state index in [9.17, 15) is 4.79 Å². The van der Waals surface area contributed by atoms with Gasteiger partial charge in [0.25, 0.3) is 0 Å². The molecule has 1 amide bonds. The average molecular weight is 357 g/mol. The Hall–Kier alpha value is -1.30. The smallest absolute Gasteiger partial charge is 0.223 e. The van der Waals surface area contributed by atoms with Crippen molar-refractivity contribution in [2.24, 2.45) is 11.7 Å². The molecule has 1 fully saturated rings. The Morgan fingerprint density at radius 2 is 2.04 bits per heavy atom. The van der Waals surface area contributed by atoms with Gasteiger partial charge in [0, 0.05) is 25.6 Å². The molecule has 0 radical (unpaired) electrons. The highest BCUT2D eigenvalue weighted by molar-refractivity contribution is 5.85. The third-order valence-electron chi connectivity index (χ3n) is 4.62. The molecule has 0 unspecified atom stereocenters. The number of carbonyl (C=O) groups excluding carboxylic acids is 1. The standard InChI is InChI=1S/C18H28N2O3.ClH/c1-22-16-8-4-3-6-13(16)7-5-11-20-18(21)14-9-10-17(23-2)15(19)12-14;/h3-4,6,8,14-15,17H,5,7,9-12,19H2,1-2H3,(H,20,21);1H/t14-,15+,17+;/m0./s1. The van der Waals surface area contributed by atoms with Gasteiger partial charge in [-0.2, -0.15) is 0 Å². The highest BCUT2D eigenvalue weighted by Gasteiger charge is 2.31. The molecule has 5 nitrogen and oxygen atoms in total. The zero-order valence-electron chi connectivity index (χ0n) is 14.5. The summed E-state index contributed by atoms with van der Waals surface area (Å²) < 4.78 is 10.7. The lowest BCUT2D eigenvalue weighted by Crippen LogP contribution is -2.45. The highest BCUT2D eigenvalue weighted by atomic mass is 35.5. The van der Waals surface area contributed by atoms with Crippen molar-refractivity contribution in [3.05, 3.63) is 29.8 Å². The molecule has 0 heterocycles. The predicted octanol–water partition coefficient (Wildman–Crippen LogP) is 2.31. The van der Waals surface area contributed by atoms with E-state index in [0.717, 1.165) is 31.4 Å². The minimum absolute atomic E-state index is 0. The lowest BCUT2D eigenvalue weighted by Gasteiger charge is -2.32. The number of hydrogen-bond donors (Lipinski definition) is 2. The summed E-state index contributed by atoms with van der Waals surface area (Å²) in [5, 5.41) is 3.04. The quantitative estimate of drug-likeness (QED) is 0.735. The van der Waals surface area contributed by atoms with Gasteiger partial charge in [0.15, 0.2) is 0 Å². The molecule has 1 aliphatic rings. The zero-order chi connectivity index (χ0) is 16.7. The first-order valence-electron chi connectivity index (χ1n) is 8.33. The number of rotatable bonds is 7. The fourth-order valence-corrected chi connectivity index (χ4v) is 3.25. The third-order valence-corrected chi connectivity index (χ3v) is 4.62. The molecule has 3 atom stereocenters. The van der Waals surface area contributed by atoms with Crippen molar-refractivity contribution in [3.8, 4) is 5.75 Å². The Bertz CT molecular complexity index is 513. The molecule has 1 aromatic rings. The van der Waals surface area contributed by atoms with Crippen molar-refractivity contribution in [2.75, 3.05) is 20.8 Å². The summed E-state index contributed by atoms with van der Waals surface area (Å²) in [5.41, 5.74) is 7.23. The van der Waals surface area contributed by atoms with E-state index in [2.05, 4.69) is 11.4 Å². The highest BCUT2D eigenvalue weighted by Crippen LogP contribution is 2.25. The summed E-state index contributed by atoms with van der Waals surface area (Å²) in [7, 11) is 3.36. The maximum absolute atomic E-state index is 12.2. The molecule has 0 saturated heterocycles. The summed E-state index contributed by atoms with van der Waals surface area (Å²) in [6, 6.07) is 7.95. The monoisotopic (exact) mass is 356 g/mol. The van der Waals surface area contributed by atoms with Crippen molar-refractivity contribution in [2.45, 2.75) is 44.2 Å². The maximum atomic E-state index is 12.2. The number of nitrogens with one attached hydrogen (secondary N) is 1. The van der Waals surface area contributed by atoms with Crippen LogP contribution in [0.15, 0.2) is 24.3 Å². The Kier molecular flexibility index (Phi) is 9.11. The number of carbonyl (C=O) groups is 1. The molecular formula is C18H29ClN2O3. The van der Waals surface area contributed by atoms with Gasteiger partial charge in [-0.05, 0) is 43.7 Å². The Morgan fingerprint density at radius 3 is 2.71 bits per heavy atom. The van der Waals surface area contributed by atoms with Crippen molar-refractivity contribution in [1.82, 2.24) is 5.32 Å². The largest absolute Gasteiger partial charge is 0.496 e. The minimum Gasteiger partial charge on any atom is -0.496 e. The summed E-state index contributed by atoms with van der Waals surface area (Å²) in [6.45, 7) is 0.677. The maximum Gasteiger partial charge on any atom is 0.223 e. The molecule has 1 aliphatic carbocycles. The van der Waals surface area contributed by atoms with Gasteiger partial charge in [-0.15, -0.1) is 12.4 Å². The first-order valence-corrected chi connectivity index (χ1v) is 8.33. The molecule has 3 N–H and O–H groups in total. The third kappa shape index (κ3) is 5.65. The molecule has 2 rings (SSSR count). The first kappa shape index (κ1) is 20.7. The molecule has 0 bridgehead atoms. The molecule has 6 heteroatoms. The van der Waals surface area contributed by atoms with E-state index in [1.165, 1.54) is 5.56 Å². The van der Waals surface area contributed by atoms with Crippen LogP contribution in [0.5, 0.6) is 5.75 Å². The van der Waals surface area contributed by atoms with Crippen LogP contribution in [-0.2, 0) is 16.0 Å². The van der Waals surface area contributed by atoms with Crippen molar-refractivity contribution in [1.29, 1.82) is 0 Å². The number of nitrogens with two attached hydrogens (primary N) is 1. The van der Waals surface area contributed by atoms with E-state index >= 15 is 0 Å². The number of hydrogen-bond acceptors (Lipinski definition) is 4. The van der Waals surface area contributed by atoms with E-state index in [1.807, 2.05) is 18.2 Å². The van der Waals surface area contributed by atoms with Gasteiger partial charge < -0.3 is 20.5 Å². The molecule has 1 aromatic carbocycles. The van der Waals surface area contributed by atoms with Gasteiger partial charge >= 0.3 is 0 Å². The Labute approximate surface area is 150 Å². The molecule has 24 heavy (non-hydrogen) atoms. The normalized spacial score (nSPS) is 23.2. The molecular weight excluding hydrogens is 328 g/mol. The summed E-state index contributed by atoms with van der Waals surface area (Å²) in [4.78, 5) is 12.2. The first-order chi connectivity index (χ1) is 11.2. The van der Waals surface area contributed by atoms with Crippen LogP contribution in [0.3, 0.4) is 0 Å². The van der Waals surface area contributed by atoms with E-state index in [-0.39, 0.29) is 36.4 Å². The number of methoxy groups -OCH3 is 2. The second-order valence-electron chi connectivity index (χ2n) is 6.15. The van der Waals surface area contributed by atoms with Crippen molar-refractivity contribution in [3.63, 3.8) is 0 Å². The molecule has 0 aromatic heterocycles. The Morgan fingerprint density at radius 1 is 1.29 bits per heavy atom. The topological polar surface area (TPSA) is 73.6 Å². The van der Waals surface area contributed by atoms with Gasteiger partial charge in [0.1, 0.15) is 5.75 Å². The summed E-state index contributed by atoms with van der Waals surface area (Å²) >= 11 is 0. The van der Waals surface area contributed by atoms with E-state index in [1.54, 1.807) is 14.2 Å². The van der Waals surface area contributed by atoms with Crippen LogP contribution in [0.1, 0.15) is 31.2 Å². The van der Waals surface area contributed by atoms with Crippen LogP contribution in [0.4, 0.5) is 0 Å². The van der Waals surface area contributed by atoms with Gasteiger partial charge in [-0.3, -0.25) is 4.79 Å². The number of benzene rings is 1. The van der Waals surface area contributed by atoms with Crippen molar-refractivity contribution >= 4 is 18.3 Å². The van der Waals surface area contributed by atoms with Crippen LogP contribution >= 0.6 is 12.4 Å². The fraction of sp³-hybridized carbons (Fsp3) is 0.611. The van der Waals surface area contributed by atoms with Gasteiger partial charge in [-0.1, -0.05) is 18.2 Å². The van der Waals surface area contributed by atoms with Crippen LogP contribution in [0.25, 0.3) is 0 Å². The molecule has 0 aliphatic heterocycles. The minimum atomic E-state index is -0.0434. The number of halogens is 1. The molecule has 136 valence electrons. The fourth-order valence-electron chi connectivity index (χ4n) is 3.25. The lowest BCUT2D eigenvalue weighted by atomic mass is 9.83. The van der Waals surface area contributed by atoms with Gasteiger partial charge in [-0.25, -0.2) is 0 Å². The average Bonchev–Trinajstić information content (AvgIpc) is 2.58. The lowest BCUT2D eigenvalue weighted by molar-refractivity contribution is -0.127. The van der Waals surface area contributed by atoms with E-state index in [0.29, 0.717) is 13.0 Å². The zero-order valence-corrected chi connectivity index (χ0v) is 15.3. The van der Waals surface area contributed by atoms with E-state index in [4.69, 9.17) is 15.2 Å². The summed E-state index contributed by atoms with van der Waals surface area (Å²) in [6.07, 6.45) is 4.29. The molecule has 0 spiro atoms. The summed E-state index contributed by atoms with van der Waals surface area (Å²) in [5.74, 6) is 1.04. The van der Waals surface area contributed by atoms with Gasteiger partial charge in [0.05, 0.1) is 13.2 Å². The second-order valence-corrected chi connectivity index (χ2v) is 6.15. The molecule has 1 saturated carbocycles. The van der Waals surface area contributed by atoms with Crippen LogP contribution < -0.4 is 15.8 Å². The van der Waals surface area contributed by atoms with Crippen molar-refractivity contribution < 1.29 is 14.3 Å². The van der Waals surface area contributed by atoms with Gasteiger partial charge in [0.2, 0.25) is 5.91 Å². The SMILES string of the molecule is COc1ccccc1CCCNC(=O)[C@H]1CC[C@@H](OC)[C@H](N)C1.Cl. The second kappa shape index (κ2) is 10.5. The number of amides is 1. The predicted molar refractivity (Wildman–Crippen MR) is 97.7 cm³/mol. The van der Waals surface area contributed by atoms with Crippen LogP contribution in [0, 0.1) is 5.92 Å². The van der Waals surface area contributed by atoms with E-state index < -0.39 is 0 Å². The number of para-hydroxylation sites is 1.